The van der Waals surface area contributed by atoms with Crippen molar-refractivity contribution in [3.8, 4) is 0 Å². The van der Waals surface area contributed by atoms with Crippen molar-refractivity contribution in [2.45, 2.75) is 4.90 Å². The van der Waals surface area contributed by atoms with E-state index in [0.717, 1.165) is 18.0 Å². The van der Waals surface area contributed by atoms with E-state index < -0.39 is 10.0 Å². The van der Waals surface area contributed by atoms with Crippen LogP contribution in [0.3, 0.4) is 0 Å². The predicted octanol–water partition coefficient (Wildman–Crippen LogP) is 1.52. The summed E-state index contributed by atoms with van der Waals surface area (Å²) >= 11 is 1.41. The lowest BCUT2D eigenvalue weighted by atomic mass is 10.2. The molecule has 0 fully saturated rings. The van der Waals surface area contributed by atoms with Crippen LogP contribution in [0.25, 0.3) is 0 Å². The number of hydrogen-bond acceptors (Lipinski definition) is 6. The van der Waals surface area contributed by atoms with Crippen LogP contribution in [0.15, 0.2) is 27.5 Å². The van der Waals surface area contributed by atoms with E-state index in [1.165, 1.54) is 11.8 Å². The highest BCUT2D eigenvalue weighted by Gasteiger charge is 2.25. The number of benzene rings is 1. The van der Waals surface area contributed by atoms with E-state index in [0.29, 0.717) is 10.9 Å². The average Bonchev–Trinajstić information content (AvgIpc) is 2.37. The Kier molecular flexibility index (Phi) is 4.80. The Balaban J connectivity index is 2.23. The molecule has 0 spiro atoms. The lowest BCUT2D eigenvalue weighted by Gasteiger charge is -2.20. The normalized spacial score (nSPS) is 16.1. The number of nitrogens with zero attached hydrogens (tertiary/aromatic N) is 3. The molecule has 0 atom stereocenters. The molecule has 1 heterocycles. The van der Waals surface area contributed by atoms with E-state index in [1.807, 2.05) is 44.1 Å². The number of hydrogen-bond donors (Lipinski definition) is 1. The summed E-state index contributed by atoms with van der Waals surface area (Å²) in [4.78, 5) is 4.13. The van der Waals surface area contributed by atoms with Crippen LogP contribution in [0.1, 0.15) is 0 Å². The van der Waals surface area contributed by atoms with Gasteiger partial charge in [0.1, 0.15) is 4.90 Å². The number of amidine groups is 1. The fraction of sp³-hybridized carbons (Fsp3) is 0.462. The van der Waals surface area contributed by atoms with Gasteiger partial charge in [0.25, 0.3) is 10.0 Å². The van der Waals surface area contributed by atoms with E-state index >= 15 is 0 Å². The van der Waals surface area contributed by atoms with Gasteiger partial charge in [0.05, 0.1) is 5.69 Å². The zero-order valence-electron chi connectivity index (χ0n) is 12.6. The Morgan fingerprint density at radius 1 is 1.24 bits per heavy atom. The molecular weight excluding hydrogens is 308 g/mol. The third-order valence-electron chi connectivity index (χ3n) is 2.98. The smallest absolute Gasteiger partial charge is 0.286 e. The zero-order chi connectivity index (χ0) is 15.6. The number of fused-ring (bicyclic) bond motifs is 1. The molecule has 0 radical (unpaired) electrons. The van der Waals surface area contributed by atoms with Crippen LogP contribution in [0, 0.1) is 0 Å². The van der Waals surface area contributed by atoms with Crippen molar-refractivity contribution in [1.82, 2.24) is 4.90 Å². The topological polar surface area (TPSA) is 65.0 Å². The van der Waals surface area contributed by atoms with Crippen LogP contribution >= 0.6 is 11.8 Å². The van der Waals surface area contributed by atoms with Crippen molar-refractivity contribution in [3.05, 3.63) is 18.2 Å². The fourth-order valence-corrected chi connectivity index (χ4v) is 4.16. The minimum atomic E-state index is -3.63. The monoisotopic (exact) mass is 328 g/mol. The first kappa shape index (κ1) is 16.1. The van der Waals surface area contributed by atoms with E-state index in [1.54, 1.807) is 12.1 Å². The summed E-state index contributed by atoms with van der Waals surface area (Å²) in [6.45, 7) is 0.859. The quantitative estimate of drug-likeness (QED) is 0.904. The molecule has 0 unspecified atom stereocenters. The fourth-order valence-electron chi connectivity index (χ4n) is 1.79. The maximum Gasteiger partial charge on any atom is 0.286 e. The SMILES string of the molecule is CN(C)CCSC1=NS(=O)(=O)c2cc(N(C)C)ccc2N1. The van der Waals surface area contributed by atoms with Crippen molar-refractivity contribution >= 4 is 38.3 Å². The molecule has 0 saturated heterocycles. The third kappa shape index (κ3) is 3.90. The first-order valence-corrected chi connectivity index (χ1v) is 8.93. The first-order chi connectivity index (χ1) is 9.79. The van der Waals surface area contributed by atoms with Gasteiger partial charge in [-0.1, -0.05) is 11.8 Å². The van der Waals surface area contributed by atoms with Crippen molar-refractivity contribution < 1.29 is 8.42 Å². The predicted molar refractivity (Wildman–Crippen MR) is 90.0 cm³/mol. The molecule has 8 heteroatoms. The molecule has 0 aliphatic carbocycles. The molecule has 1 aromatic carbocycles. The second-order valence-electron chi connectivity index (χ2n) is 5.22. The molecule has 1 N–H and O–H groups in total. The number of rotatable bonds is 4. The van der Waals surface area contributed by atoms with E-state index in [-0.39, 0.29) is 4.90 Å². The van der Waals surface area contributed by atoms with Crippen LogP contribution in [-0.2, 0) is 10.0 Å². The Morgan fingerprint density at radius 3 is 2.57 bits per heavy atom. The largest absolute Gasteiger partial charge is 0.378 e. The van der Waals surface area contributed by atoms with Gasteiger partial charge in [-0.2, -0.15) is 8.42 Å². The minimum absolute atomic E-state index is 0.227. The second kappa shape index (κ2) is 6.25. The van der Waals surface area contributed by atoms with E-state index in [9.17, 15) is 8.42 Å². The van der Waals surface area contributed by atoms with Crippen LogP contribution in [0.2, 0.25) is 0 Å². The maximum absolute atomic E-state index is 12.3. The molecule has 116 valence electrons. The van der Waals surface area contributed by atoms with Gasteiger partial charge in [-0.25, -0.2) is 0 Å². The van der Waals surface area contributed by atoms with Gasteiger partial charge in [-0.3, -0.25) is 0 Å². The Labute approximate surface area is 130 Å². The molecule has 2 rings (SSSR count). The Morgan fingerprint density at radius 2 is 1.95 bits per heavy atom. The lowest BCUT2D eigenvalue weighted by molar-refractivity contribution is 0.438. The van der Waals surface area contributed by atoms with Gasteiger partial charge >= 0.3 is 0 Å². The zero-order valence-corrected chi connectivity index (χ0v) is 14.3. The molecule has 1 aromatic rings. The maximum atomic E-state index is 12.3. The molecule has 1 aliphatic rings. The van der Waals surface area contributed by atoms with Crippen molar-refractivity contribution in [1.29, 1.82) is 0 Å². The summed E-state index contributed by atoms with van der Waals surface area (Å²) in [6.07, 6.45) is 0. The highest BCUT2D eigenvalue weighted by Crippen LogP contribution is 2.32. The highest BCUT2D eigenvalue weighted by molar-refractivity contribution is 8.14. The van der Waals surface area contributed by atoms with Gasteiger partial charge in [0.2, 0.25) is 0 Å². The van der Waals surface area contributed by atoms with Gasteiger partial charge in [0.15, 0.2) is 5.17 Å². The average molecular weight is 328 g/mol. The molecule has 0 aromatic heterocycles. The van der Waals surface area contributed by atoms with E-state index in [4.69, 9.17) is 0 Å². The first-order valence-electron chi connectivity index (χ1n) is 6.50. The summed E-state index contributed by atoms with van der Waals surface area (Å²) in [5, 5.41) is 3.52. The number of thioether (sulfide) groups is 1. The minimum Gasteiger partial charge on any atom is -0.378 e. The number of nitrogens with one attached hydrogen (secondary N) is 1. The van der Waals surface area contributed by atoms with Gasteiger partial charge < -0.3 is 15.1 Å². The van der Waals surface area contributed by atoms with Crippen LogP contribution < -0.4 is 10.2 Å². The van der Waals surface area contributed by atoms with Crippen molar-refractivity contribution in [2.24, 2.45) is 4.40 Å². The summed E-state index contributed by atoms with van der Waals surface area (Å²) in [5.41, 5.74) is 1.42. The molecule has 6 nitrogen and oxygen atoms in total. The molecular formula is C13H20N4O2S2. The third-order valence-corrected chi connectivity index (χ3v) is 5.27. The lowest BCUT2D eigenvalue weighted by Crippen LogP contribution is -2.22. The van der Waals surface area contributed by atoms with Gasteiger partial charge in [-0.15, -0.1) is 4.40 Å². The molecule has 0 amide bonds. The summed E-state index contributed by atoms with van der Waals surface area (Å²) in [6, 6.07) is 5.31. The van der Waals surface area contributed by atoms with Crippen molar-refractivity contribution in [3.63, 3.8) is 0 Å². The summed E-state index contributed by atoms with van der Waals surface area (Å²) < 4.78 is 28.4. The molecule has 1 aliphatic heterocycles. The van der Waals surface area contributed by atoms with Crippen LogP contribution in [-0.4, -0.2) is 59.0 Å². The highest BCUT2D eigenvalue weighted by atomic mass is 32.2. The molecule has 0 bridgehead atoms. The Hall–Kier alpha value is -1.25. The standard InChI is InChI=1S/C13H20N4O2S2/c1-16(2)7-8-20-13-14-11-6-5-10(17(3)4)9-12(11)21(18,19)15-13/h5-6,9H,7-8H2,1-4H3,(H,14,15). The van der Waals surface area contributed by atoms with Gasteiger partial charge in [-0.05, 0) is 32.3 Å². The van der Waals surface area contributed by atoms with E-state index in [2.05, 4.69) is 9.71 Å². The molecule has 21 heavy (non-hydrogen) atoms. The molecule has 0 saturated carbocycles. The summed E-state index contributed by atoms with van der Waals surface area (Å²) in [7, 11) is 4.06. The number of anilines is 2. The number of sulfonamides is 1. The second-order valence-corrected chi connectivity index (χ2v) is 7.88. The Bertz CT molecular complexity index is 654. The summed E-state index contributed by atoms with van der Waals surface area (Å²) in [5.74, 6) is 0.777. The van der Waals surface area contributed by atoms with Crippen molar-refractivity contribution in [2.75, 3.05) is 50.7 Å². The van der Waals surface area contributed by atoms with Gasteiger partial charge in [0, 0.05) is 32.1 Å². The van der Waals surface area contributed by atoms with Crippen LogP contribution in [0.5, 0.6) is 0 Å². The van der Waals surface area contributed by atoms with Crippen LogP contribution in [0.4, 0.5) is 11.4 Å².